The standard InChI is InChI=1S/C12H20ClN3O3S/c1-4-7-9-11(20(13,18)19)10(15-14-9)12(17)16(6-3)8-5-2/h4-8H2,1-3H3,(H,14,15). The van der Waals surface area contributed by atoms with Crippen molar-refractivity contribution in [2.24, 2.45) is 0 Å². The minimum absolute atomic E-state index is 0.112. The number of H-pyrrole nitrogens is 1. The summed E-state index contributed by atoms with van der Waals surface area (Å²) in [7, 11) is 1.44. The van der Waals surface area contributed by atoms with Gasteiger partial charge in [0.05, 0.1) is 5.69 Å². The fourth-order valence-corrected chi connectivity index (χ4v) is 3.32. The molecular weight excluding hydrogens is 302 g/mol. The Balaban J connectivity index is 3.28. The molecule has 20 heavy (non-hydrogen) atoms. The lowest BCUT2D eigenvalue weighted by atomic mass is 10.2. The van der Waals surface area contributed by atoms with Gasteiger partial charge in [-0.2, -0.15) is 5.10 Å². The van der Waals surface area contributed by atoms with Gasteiger partial charge < -0.3 is 4.90 Å². The van der Waals surface area contributed by atoms with Crippen molar-refractivity contribution in [3.63, 3.8) is 0 Å². The number of amides is 1. The number of hydrogen-bond acceptors (Lipinski definition) is 4. The number of nitrogens with one attached hydrogen (secondary N) is 1. The average molecular weight is 322 g/mol. The molecule has 0 radical (unpaired) electrons. The van der Waals surface area contributed by atoms with Gasteiger partial charge in [0.2, 0.25) is 0 Å². The summed E-state index contributed by atoms with van der Waals surface area (Å²) in [5.41, 5.74) is 0.275. The molecule has 0 aliphatic heterocycles. The van der Waals surface area contributed by atoms with Gasteiger partial charge in [-0.15, -0.1) is 0 Å². The Labute approximate surface area is 123 Å². The third kappa shape index (κ3) is 3.73. The number of aromatic nitrogens is 2. The summed E-state index contributed by atoms with van der Waals surface area (Å²) in [6, 6.07) is 0. The van der Waals surface area contributed by atoms with Gasteiger partial charge in [-0.25, -0.2) is 8.42 Å². The van der Waals surface area contributed by atoms with Crippen LogP contribution in [0.2, 0.25) is 0 Å². The summed E-state index contributed by atoms with van der Waals surface area (Å²) in [5, 5.41) is 6.50. The molecule has 0 saturated carbocycles. The molecule has 0 spiro atoms. The molecule has 1 aromatic heterocycles. The highest BCUT2D eigenvalue weighted by atomic mass is 35.7. The van der Waals surface area contributed by atoms with Gasteiger partial charge in [-0.3, -0.25) is 9.89 Å². The van der Waals surface area contributed by atoms with Crippen LogP contribution in [0, 0.1) is 0 Å². The molecule has 0 aliphatic carbocycles. The molecule has 0 saturated heterocycles. The zero-order valence-electron chi connectivity index (χ0n) is 11.9. The molecule has 1 N–H and O–H groups in total. The van der Waals surface area contributed by atoms with E-state index >= 15 is 0 Å². The van der Waals surface area contributed by atoms with Gasteiger partial charge in [0, 0.05) is 23.8 Å². The number of nitrogens with zero attached hydrogens (tertiary/aromatic N) is 2. The number of hydrogen-bond donors (Lipinski definition) is 1. The summed E-state index contributed by atoms with van der Waals surface area (Å²) in [5.74, 6) is -0.410. The van der Waals surface area contributed by atoms with Crippen molar-refractivity contribution < 1.29 is 13.2 Å². The van der Waals surface area contributed by atoms with Crippen molar-refractivity contribution in [2.45, 2.75) is 44.9 Å². The lowest BCUT2D eigenvalue weighted by Crippen LogP contribution is -2.32. The number of carbonyl (C=O) groups is 1. The summed E-state index contributed by atoms with van der Waals surface area (Å²) in [6.45, 7) is 6.73. The predicted octanol–water partition coefficient (Wildman–Crippen LogP) is 2.16. The van der Waals surface area contributed by atoms with Crippen molar-refractivity contribution in [1.82, 2.24) is 15.1 Å². The molecule has 0 aliphatic rings. The molecular formula is C12H20ClN3O3S. The highest BCUT2D eigenvalue weighted by molar-refractivity contribution is 8.13. The Morgan fingerprint density at radius 3 is 2.40 bits per heavy atom. The summed E-state index contributed by atoms with van der Waals surface area (Å²) < 4.78 is 23.4. The first-order valence-electron chi connectivity index (χ1n) is 6.67. The first-order valence-corrected chi connectivity index (χ1v) is 8.98. The molecule has 0 fully saturated rings. The Bertz CT molecular complexity index is 569. The molecule has 1 rings (SSSR count). The van der Waals surface area contributed by atoms with E-state index in [1.54, 1.807) is 4.90 Å². The van der Waals surface area contributed by atoms with Crippen LogP contribution in [0.15, 0.2) is 4.90 Å². The van der Waals surface area contributed by atoms with Crippen molar-refractivity contribution in [1.29, 1.82) is 0 Å². The topological polar surface area (TPSA) is 83.1 Å². The van der Waals surface area contributed by atoms with Gasteiger partial charge in [0.25, 0.3) is 15.0 Å². The van der Waals surface area contributed by atoms with Crippen LogP contribution >= 0.6 is 10.7 Å². The highest BCUT2D eigenvalue weighted by Gasteiger charge is 2.30. The number of halogens is 1. The van der Waals surface area contributed by atoms with Crippen LogP contribution in [0.25, 0.3) is 0 Å². The van der Waals surface area contributed by atoms with Crippen LogP contribution < -0.4 is 0 Å². The Kier molecular flexibility index (Phi) is 6.01. The van der Waals surface area contributed by atoms with Crippen LogP contribution in [0.3, 0.4) is 0 Å². The van der Waals surface area contributed by atoms with Gasteiger partial charge >= 0.3 is 0 Å². The number of aryl methyl sites for hydroxylation is 1. The maximum Gasteiger partial charge on any atom is 0.275 e. The number of carbonyl (C=O) groups excluding carboxylic acids is 1. The molecule has 0 aromatic carbocycles. The molecule has 8 heteroatoms. The monoisotopic (exact) mass is 321 g/mol. The average Bonchev–Trinajstić information content (AvgIpc) is 2.79. The zero-order chi connectivity index (χ0) is 15.3. The predicted molar refractivity (Wildman–Crippen MR) is 77.5 cm³/mol. The fourth-order valence-electron chi connectivity index (χ4n) is 2.02. The zero-order valence-corrected chi connectivity index (χ0v) is 13.5. The molecule has 1 heterocycles. The van der Waals surface area contributed by atoms with Crippen molar-refractivity contribution in [3.05, 3.63) is 11.4 Å². The number of rotatable bonds is 7. The first-order chi connectivity index (χ1) is 9.36. The van der Waals surface area contributed by atoms with Crippen LogP contribution in [-0.4, -0.2) is 42.5 Å². The lowest BCUT2D eigenvalue weighted by Gasteiger charge is -2.19. The molecule has 0 bridgehead atoms. The van der Waals surface area contributed by atoms with Crippen LogP contribution in [0.4, 0.5) is 0 Å². The third-order valence-corrected chi connectivity index (χ3v) is 4.29. The minimum atomic E-state index is -4.01. The van der Waals surface area contributed by atoms with Gasteiger partial charge in [-0.1, -0.05) is 20.3 Å². The van der Waals surface area contributed by atoms with Crippen molar-refractivity contribution in [3.8, 4) is 0 Å². The van der Waals surface area contributed by atoms with Crippen LogP contribution in [0.1, 0.15) is 49.8 Å². The Morgan fingerprint density at radius 1 is 1.30 bits per heavy atom. The number of aromatic amines is 1. The largest absolute Gasteiger partial charge is 0.338 e. The van der Waals surface area contributed by atoms with E-state index in [4.69, 9.17) is 10.7 Å². The second kappa shape index (κ2) is 7.08. The van der Waals surface area contributed by atoms with Gasteiger partial charge in [0.15, 0.2) is 5.69 Å². The second-order valence-corrected chi connectivity index (χ2v) is 6.96. The van der Waals surface area contributed by atoms with Crippen LogP contribution in [0.5, 0.6) is 0 Å². The van der Waals surface area contributed by atoms with E-state index in [-0.39, 0.29) is 10.6 Å². The van der Waals surface area contributed by atoms with E-state index in [9.17, 15) is 13.2 Å². The van der Waals surface area contributed by atoms with E-state index in [2.05, 4.69) is 10.2 Å². The molecule has 0 atom stereocenters. The quantitative estimate of drug-likeness (QED) is 0.780. The van der Waals surface area contributed by atoms with E-state index in [0.29, 0.717) is 25.2 Å². The maximum absolute atomic E-state index is 12.4. The van der Waals surface area contributed by atoms with Crippen LogP contribution in [-0.2, 0) is 15.5 Å². The summed E-state index contributed by atoms with van der Waals surface area (Å²) in [4.78, 5) is 13.7. The SMILES string of the molecule is CCCc1[nH]nc(C(=O)N(CC)CCC)c1S(=O)(=O)Cl. The maximum atomic E-state index is 12.4. The smallest absolute Gasteiger partial charge is 0.275 e. The normalized spacial score (nSPS) is 11.6. The molecule has 6 nitrogen and oxygen atoms in total. The van der Waals surface area contributed by atoms with E-state index in [1.165, 1.54) is 0 Å². The van der Waals surface area contributed by atoms with Crippen molar-refractivity contribution >= 4 is 25.6 Å². The van der Waals surface area contributed by atoms with Gasteiger partial charge in [0.1, 0.15) is 4.90 Å². The molecule has 114 valence electrons. The second-order valence-electron chi connectivity index (χ2n) is 4.45. The molecule has 1 amide bonds. The van der Waals surface area contributed by atoms with Gasteiger partial charge in [-0.05, 0) is 19.8 Å². The van der Waals surface area contributed by atoms with E-state index < -0.39 is 15.0 Å². The third-order valence-electron chi connectivity index (χ3n) is 2.90. The lowest BCUT2D eigenvalue weighted by molar-refractivity contribution is 0.0754. The fraction of sp³-hybridized carbons (Fsp3) is 0.667. The molecule has 1 aromatic rings. The highest BCUT2D eigenvalue weighted by Crippen LogP contribution is 2.24. The Hall–Kier alpha value is -1.08. The van der Waals surface area contributed by atoms with Crippen molar-refractivity contribution in [2.75, 3.05) is 13.1 Å². The van der Waals surface area contributed by atoms with E-state index in [1.807, 2.05) is 20.8 Å². The molecule has 0 unspecified atom stereocenters. The minimum Gasteiger partial charge on any atom is -0.338 e. The summed E-state index contributed by atoms with van der Waals surface area (Å²) in [6.07, 6.45) is 1.98. The Morgan fingerprint density at radius 2 is 1.95 bits per heavy atom. The summed E-state index contributed by atoms with van der Waals surface area (Å²) >= 11 is 0. The first kappa shape index (κ1) is 17.0. The van der Waals surface area contributed by atoms with E-state index in [0.717, 1.165) is 12.8 Å².